The molecule has 2 heteroatoms. The standard InChI is InChI=1S/C34H36NO/c1-19(2)34(20(3)4)27-12-10-9-11-26(27)31-28(34)16-15-25-24-14-13-21(5)30(32(24)36-33(25)31)29-17-22(6)23(7)18-35(29)8/h9-20H,1-8H3/q+1/i1D3,2D3,3D3,6D3,7D3,19D,20D. The molecule has 0 saturated heterocycles. The van der Waals surface area contributed by atoms with Crippen LogP contribution in [0.3, 0.4) is 0 Å². The Morgan fingerprint density at radius 3 is 2.31 bits per heavy atom. The van der Waals surface area contributed by atoms with Crippen LogP contribution in [0.2, 0.25) is 0 Å². The molecule has 0 bridgehead atoms. The maximum absolute atomic E-state index is 9.60. The van der Waals surface area contributed by atoms with E-state index in [1.165, 1.54) is 41.1 Å². The summed E-state index contributed by atoms with van der Waals surface area (Å²) < 4.78 is 153. The van der Waals surface area contributed by atoms with Gasteiger partial charge in [0.2, 0.25) is 5.69 Å². The number of rotatable bonds is 3. The number of hydrogen-bond donors (Lipinski definition) is 0. The highest BCUT2D eigenvalue weighted by molar-refractivity contribution is 6.14. The molecule has 3 aromatic carbocycles. The van der Waals surface area contributed by atoms with Crippen molar-refractivity contribution in [2.75, 3.05) is 0 Å². The molecule has 2 atom stereocenters. The highest BCUT2D eigenvalue weighted by Gasteiger charge is 2.48. The molecule has 36 heavy (non-hydrogen) atoms. The molecule has 0 amide bonds. The van der Waals surface area contributed by atoms with Gasteiger partial charge in [-0.1, -0.05) is 76.0 Å². The van der Waals surface area contributed by atoms with E-state index in [1.807, 2.05) is 0 Å². The molecule has 5 aromatic rings. The van der Waals surface area contributed by atoms with Gasteiger partial charge >= 0.3 is 0 Å². The van der Waals surface area contributed by atoms with E-state index < -0.39 is 51.5 Å². The molecule has 6 rings (SSSR count). The van der Waals surface area contributed by atoms with Gasteiger partial charge in [0, 0.05) is 56.7 Å². The predicted molar refractivity (Wildman–Crippen MR) is 150 cm³/mol. The normalized spacial score (nSPS) is 27.6. The van der Waals surface area contributed by atoms with Crippen LogP contribution >= 0.6 is 0 Å². The summed E-state index contributed by atoms with van der Waals surface area (Å²) in [5.74, 6) is -6.50. The molecule has 2 heterocycles. The largest absolute Gasteiger partial charge is 0.454 e. The van der Waals surface area contributed by atoms with Crippen LogP contribution in [-0.2, 0) is 12.5 Å². The number of aromatic nitrogens is 1. The van der Waals surface area contributed by atoms with E-state index in [0.29, 0.717) is 27.6 Å². The third-order valence-electron chi connectivity index (χ3n) is 7.49. The van der Waals surface area contributed by atoms with Crippen molar-refractivity contribution in [3.8, 4) is 22.4 Å². The van der Waals surface area contributed by atoms with E-state index in [0.717, 1.165) is 6.92 Å². The van der Waals surface area contributed by atoms with E-state index >= 15 is 0 Å². The van der Waals surface area contributed by atoms with Gasteiger partial charge < -0.3 is 4.42 Å². The molecule has 0 saturated carbocycles. The molecule has 1 aliphatic rings. The molecule has 2 unspecified atom stereocenters. The number of furan rings is 1. The lowest BCUT2D eigenvalue weighted by Gasteiger charge is -2.40. The Hall–Kier alpha value is -3.39. The summed E-state index contributed by atoms with van der Waals surface area (Å²) in [5.41, 5.74) is -1.90. The number of pyridine rings is 1. The minimum Gasteiger partial charge on any atom is -0.454 e. The van der Waals surface area contributed by atoms with Crippen LogP contribution in [0.15, 0.2) is 65.2 Å². The number of nitrogens with zero attached hydrogens (tertiary/aromatic N) is 1. The fraction of sp³-hybridized carbons (Fsp3) is 0.324. The van der Waals surface area contributed by atoms with Gasteiger partial charge in [-0.15, -0.1) is 0 Å². The van der Waals surface area contributed by atoms with Crippen molar-refractivity contribution in [2.45, 2.75) is 53.5 Å². The SMILES string of the molecule is [2H]C([2H])([2H])c1cc(-c2c(C)ccc3c2oc2c4c(ccc23)C(C([2H])(C)C([2H])([2H])[2H])(C([2H])(C([2H])([2H])[2H])C([2H])([2H])[2H])c2ccccc2-4)[n+](C)cc1C([2H])([2H])[2H]. The van der Waals surface area contributed by atoms with Gasteiger partial charge in [-0.25, -0.2) is 4.57 Å². The first-order valence-electron chi connectivity index (χ1n) is 20.1. The van der Waals surface area contributed by atoms with Crippen LogP contribution in [0.5, 0.6) is 0 Å². The van der Waals surface area contributed by atoms with Gasteiger partial charge in [0.25, 0.3) is 0 Å². The smallest absolute Gasteiger partial charge is 0.216 e. The van der Waals surface area contributed by atoms with Crippen LogP contribution < -0.4 is 4.57 Å². The van der Waals surface area contributed by atoms with Gasteiger partial charge in [-0.2, -0.15) is 0 Å². The third-order valence-corrected chi connectivity index (χ3v) is 7.49. The summed E-state index contributed by atoms with van der Waals surface area (Å²) in [5, 5.41) is 0.948. The molecule has 0 N–H and O–H groups in total. The molecular weight excluding hydrogens is 438 g/mol. The monoisotopic (exact) mass is 491 g/mol. The Kier molecular flexibility index (Phi) is 2.37. The Morgan fingerprint density at radius 1 is 0.833 bits per heavy atom. The van der Waals surface area contributed by atoms with Gasteiger partial charge in [0.1, 0.15) is 18.2 Å². The van der Waals surface area contributed by atoms with E-state index in [-0.39, 0.29) is 44.5 Å². The van der Waals surface area contributed by atoms with Crippen molar-refractivity contribution in [3.63, 3.8) is 0 Å². The first-order valence-corrected chi connectivity index (χ1v) is 11.6. The average molecular weight is 492 g/mol. The zero-order valence-electron chi connectivity index (χ0n) is 37.1. The number of hydrogen-bond acceptors (Lipinski definition) is 1. The Morgan fingerprint density at radius 2 is 1.56 bits per heavy atom. The van der Waals surface area contributed by atoms with Crippen LogP contribution in [0, 0.1) is 32.4 Å². The fourth-order valence-corrected chi connectivity index (χ4v) is 5.83. The summed E-state index contributed by atoms with van der Waals surface area (Å²) >= 11 is 0. The Labute approximate surface area is 238 Å². The summed E-state index contributed by atoms with van der Waals surface area (Å²) in [6, 6.07) is 13.7. The quantitative estimate of drug-likeness (QED) is 0.231. The molecule has 0 aliphatic heterocycles. The number of fused-ring (bicyclic) bond motifs is 7. The van der Waals surface area contributed by atoms with E-state index in [2.05, 4.69) is 0 Å². The van der Waals surface area contributed by atoms with Crippen LogP contribution in [0.4, 0.5) is 0 Å². The number of benzene rings is 3. The maximum Gasteiger partial charge on any atom is 0.216 e. The zero-order chi connectivity index (χ0) is 39.9. The van der Waals surface area contributed by atoms with E-state index in [1.54, 1.807) is 38.2 Å². The summed E-state index contributed by atoms with van der Waals surface area (Å²) in [4.78, 5) is 0. The van der Waals surface area contributed by atoms with Crippen molar-refractivity contribution in [1.29, 1.82) is 0 Å². The highest BCUT2D eigenvalue weighted by atomic mass is 16.3. The lowest BCUT2D eigenvalue weighted by molar-refractivity contribution is -0.660. The van der Waals surface area contributed by atoms with Crippen LogP contribution in [0.25, 0.3) is 44.3 Å². The predicted octanol–water partition coefficient (Wildman–Crippen LogP) is 8.58. The van der Waals surface area contributed by atoms with Gasteiger partial charge in [-0.3, -0.25) is 0 Å². The van der Waals surface area contributed by atoms with Crippen molar-refractivity contribution in [3.05, 3.63) is 88.6 Å². The molecular formula is C34H36NO+. The van der Waals surface area contributed by atoms with Crippen molar-refractivity contribution in [1.82, 2.24) is 0 Å². The summed E-state index contributed by atoms with van der Waals surface area (Å²) in [7, 11) is 1.57. The first-order chi connectivity index (χ1) is 24.0. The molecule has 182 valence electrons. The minimum atomic E-state index is -3.65. The maximum atomic E-state index is 9.60. The van der Waals surface area contributed by atoms with E-state index in [4.69, 9.17) is 25.0 Å². The second kappa shape index (κ2) is 7.80. The van der Waals surface area contributed by atoms with Gasteiger partial charge in [-0.05, 0) is 60.2 Å². The third kappa shape index (κ3) is 2.82. The van der Waals surface area contributed by atoms with E-state index in [9.17, 15) is 2.74 Å². The minimum absolute atomic E-state index is 0.0938. The zero-order valence-corrected chi connectivity index (χ0v) is 20.1. The average Bonchev–Trinajstić information content (AvgIpc) is 3.52. The van der Waals surface area contributed by atoms with Crippen molar-refractivity contribution >= 4 is 21.9 Å². The summed E-state index contributed by atoms with van der Waals surface area (Å²) in [6.07, 6.45) is 1.24. The second-order valence-electron chi connectivity index (χ2n) is 9.49. The van der Waals surface area contributed by atoms with Crippen molar-refractivity contribution in [2.24, 2.45) is 18.8 Å². The fourth-order valence-electron chi connectivity index (χ4n) is 5.83. The summed E-state index contributed by atoms with van der Waals surface area (Å²) in [6.45, 7) is -13.4. The van der Waals surface area contributed by atoms with Gasteiger partial charge in [0.05, 0.1) is 5.56 Å². The molecule has 1 aliphatic carbocycles. The molecule has 0 radical (unpaired) electrons. The second-order valence-corrected chi connectivity index (χ2v) is 9.49. The molecule has 2 nitrogen and oxygen atoms in total. The molecule has 0 fully saturated rings. The number of aryl methyl sites for hydroxylation is 4. The molecule has 0 spiro atoms. The van der Waals surface area contributed by atoms with Crippen LogP contribution in [0.1, 0.15) is 78.6 Å². The lowest BCUT2D eigenvalue weighted by Crippen LogP contribution is -2.37. The highest BCUT2D eigenvalue weighted by Crippen LogP contribution is 2.58. The molecule has 2 aromatic heterocycles. The van der Waals surface area contributed by atoms with Gasteiger partial charge in [0.15, 0.2) is 6.20 Å². The van der Waals surface area contributed by atoms with Crippen LogP contribution in [-0.4, -0.2) is 0 Å². The first kappa shape index (κ1) is 10.9. The lowest BCUT2D eigenvalue weighted by atomic mass is 9.63. The van der Waals surface area contributed by atoms with Crippen molar-refractivity contribution < 1.29 is 32.3 Å². The Balaban J connectivity index is 1.82. The Bertz CT molecular complexity index is 2290. The topological polar surface area (TPSA) is 17.0 Å².